The molecule has 1 heterocycles. The molecule has 0 atom stereocenters. The van der Waals surface area contributed by atoms with Crippen LogP contribution in [0.1, 0.15) is 31.1 Å². The fourth-order valence-corrected chi connectivity index (χ4v) is 2.66. The van der Waals surface area contributed by atoms with Crippen LogP contribution in [-0.2, 0) is 17.1 Å². The summed E-state index contributed by atoms with van der Waals surface area (Å²) in [4.78, 5) is 12.4. The van der Waals surface area contributed by atoms with Crippen LogP contribution in [0.25, 0.3) is 11.3 Å². The van der Waals surface area contributed by atoms with Crippen molar-refractivity contribution in [1.29, 1.82) is 0 Å². The second-order valence-electron chi connectivity index (χ2n) is 6.10. The average molecular weight is 320 g/mol. The molecule has 118 valence electrons. The molecular formula is C16H20N2O3S. The Hall–Kier alpha value is -2.08. The molecule has 0 fully saturated rings. The van der Waals surface area contributed by atoms with E-state index in [1.165, 1.54) is 0 Å². The molecule has 0 unspecified atom stereocenters. The minimum absolute atomic E-state index is 0.335. The summed E-state index contributed by atoms with van der Waals surface area (Å²) in [7, 11) is -1.93. The highest BCUT2D eigenvalue weighted by atomic mass is 32.2. The van der Waals surface area contributed by atoms with E-state index in [1.807, 2.05) is 37.4 Å². The van der Waals surface area contributed by atoms with Crippen LogP contribution >= 0.6 is 0 Å². The second-order valence-corrected chi connectivity index (χ2v) is 8.54. The molecule has 0 aliphatic rings. The van der Waals surface area contributed by atoms with Crippen molar-refractivity contribution in [1.82, 2.24) is 9.29 Å². The van der Waals surface area contributed by atoms with E-state index in [2.05, 4.69) is 4.72 Å². The topological polar surface area (TPSA) is 68.2 Å². The van der Waals surface area contributed by atoms with Gasteiger partial charge in [0, 0.05) is 13.2 Å². The van der Waals surface area contributed by atoms with Crippen LogP contribution in [0.15, 0.2) is 42.6 Å². The molecule has 6 heteroatoms. The van der Waals surface area contributed by atoms with Gasteiger partial charge in [0.1, 0.15) is 0 Å². The molecule has 2 aromatic rings. The minimum atomic E-state index is -3.74. The van der Waals surface area contributed by atoms with Gasteiger partial charge in [-0.1, -0.05) is 30.3 Å². The van der Waals surface area contributed by atoms with Gasteiger partial charge in [0.25, 0.3) is 5.91 Å². The van der Waals surface area contributed by atoms with Gasteiger partial charge in [-0.25, -0.2) is 13.1 Å². The van der Waals surface area contributed by atoms with Crippen LogP contribution in [-0.4, -0.2) is 23.6 Å². The molecule has 1 amide bonds. The summed E-state index contributed by atoms with van der Waals surface area (Å²) in [5.74, 6) is -0.616. The summed E-state index contributed by atoms with van der Waals surface area (Å²) in [6.07, 6.45) is 1.74. The number of carbonyl (C=O) groups is 1. The van der Waals surface area contributed by atoms with Gasteiger partial charge >= 0.3 is 0 Å². The molecular weight excluding hydrogens is 300 g/mol. The molecule has 0 radical (unpaired) electrons. The molecule has 0 bridgehead atoms. The van der Waals surface area contributed by atoms with E-state index in [1.54, 1.807) is 37.6 Å². The van der Waals surface area contributed by atoms with E-state index in [4.69, 9.17) is 0 Å². The van der Waals surface area contributed by atoms with Gasteiger partial charge in [-0.05, 0) is 32.4 Å². The van der Waals surface area contributed by atoms with Crippen LogP contribution in [0.5, 0.6) is 0 Å². The van der Waals surface area contributed by atoms with Crippen molar-refractivity contribution in [3.8, 4) is 11.3 Å². The number of carbonyl (C=O) groups excluding carboxylic acids is 1. The number of nitrogens with zero attached hydrogens (tertiary/aromatic N) is 1. The standard InChI is InChI=1S/C16H20N2O3S/c1-16(2,3)22(20,21)17-15(19)13-10-11-18(4)14(13)12-8-6-5-7-9-12/h5-11H,1-4H3,(H,17,19). The van der Waals surface area contributed by atoms with Crippen LogP contribution in [0.3, 0.4) is 0 Å². The largest absolute Gasteiger partial charge is 0.350 e. The normalized spacial score (nSPS) is 12.2. The van der Waals surface area contributed by atoms with Crippen LogP contribution in [0.2, 0.25) is 0 Å². The molecule has 0 spiro atoms. The maximum Gasteiger partial charge on any atom is 0.266 e. The van der Waals surface area contributed by atoms with Crippen molar-refractivity contribution < 1.29 is 13.2 Å². The predicted octanol–water partition coefficient (Wildman–Crippen LogP) is 2.55. The molecule has 5 nitrogen and oxygen atoms in total. The first-order chi connectivity index (χ1) is 10.1. The number of amides is 1. The second kappa shape index (κ2) is 5.61. The minimum Gasteiger partial charge on any atom is -0.350 e. The third-order valence-corrected chi connectivity index (χ3v) is 5.46. The van der Waals surface area contributed by atoms with E-state index in [9.17, 15) is 13.2 Å². The van der Waals surface area contributed by atoms with Gasteiger partial charge in [-0.15, -0.1) is 0 Å². The Labute approximate surface area is 131 Å². The van der Waals surface area contributed by atoms with Crippen molar-refractivity contribution in [2.75, 3.05) is 0 Å². The van der Waals surface area contributed by atoms with Gasteiger partial charge in [-0.3, -0.25) is 4.79 Å². The average Bonchev–Trinajstić information content (AvgIpc) is 2.80. The first kappa shape index (κ1) is 16.3. The molecule has 22 heavy (non-hydrogen) atoms. The lowest BCUT2D eigenvalue weighted by molar-refractivity contribution is 0.0981. The number of rotatable bonds is 3. The van der Waals surface area contributed by atoms with Crippen molar-refractivity contribution >= 4 is 15.9 Å². The lowest BCUT2D eigenvalue weighted by atomic mass is 10.1. The van der Waals surface area contributed by atoms with Gasteiger partial charge in [0.15, 0.2) is 0 Å². The third kappa shape index (κ3) is 3.06. The van der Waals surface area contributed by atoms with Crippen LogP contribution < -0.4 is 4.72 Å². The summed E-state index contributed by atoms with van der Waals surface area (Å²) in [6.45, 7) is 4.64. The molecule has 1 aromatic carbocycles. The molecule has 1 N–H and O–H groups in total. The summed E-state index contributed by atoms with van der Waals surface area (Å²) in [5, 5.41) is 0. The first-order valence-electron chi connectivity index (χ1n) is 6.91. The van der Waals surface area contributed by atoms with Gasteiger partial charge < -0.3 is 4.57 Å². The zero-order valence-corrected chi connectivity index (χ0v) is 13.9. The number of benzene rings is 1. The highest BCUT2D eigenvalue weighted by molar-refractivity contribution is 7.91. The Morgan fingerprint density at radius 3 is 2.23 bits per heavy atom. The third-order valence-electron chi connectivity index (χ3n) is 3.40. The Bertz CT molecular complexity index is 785. The van der Waals surface area contributed by atoms with Crippen molar-refractivity contribution in [3.05, 3.63) is 48.2 Å². The van der Waals surface area contributed by atoms with E-state index >= 15 is 0 Å². The molecule has 0 saturated heterocycles. The first-order valence-corrected chi connectivity index (χ1v) is 8.39. The monoisotopic (exact) mass is 320 g/mol. The fourth-order valence-electron chi connectivity index (χ4n) is 2.00. The van der Waals surface area contributed by atoms with Crippen molar-refractivity contribution in [3.63, 3.8) is 0 Å². The molecule has 0 saturated carbocycles. The molecule has 0 aliphatic heterocycles. The Kier molecular flexibility index (Phi) is 4.15. The molecule has 1 aromatic heterocycles. The highest BCUT2D eigenvalue weighted by Gasteiger charge is 2.31. The summed E-state index contributed by atoms with van der Waals surface area (Å²) in [5.41, 5.74) is 1.87. The number of sulfonamides is 1. The number of hydrogen-bond acceptors (Lipinski definition) is 3. The fraction of sp³-hybridized carbons (Fsp3) is 0.312. The van der Waals surface area contributed by atoms with Crippen molar-refractivity contribution in [2.24, 2.45) is 7.05 Å². The SMILES string of the molecule is Cn1ccc(C(=O)NS(=O)(=O)C(C)(C)C)c1-c1ccccc1. The van der Waals surface area contributed by atoms with Gasteiger partial charge in [0.05, 0.1) is 16.0 Å². The van der Waals surface area contributed by atoms with Gasteiger partial charge in [-0.2, -0.15) is 0 Å². The summed E-state index contributed by atoms with van der Waals surface area (Å²) < 4.78 is 27.2. The van der Waals surface area contributed by atoms with E-state index in [-0.39, 0.29) is 0 Å². The maximum absolute atomic E-state index is 12.4. The number of aromatic nitrogens is 1. The molecule has 2 rings (SSSR count). The summed E-state index contributed by atoms with van der Waals surface area (Å²) >= 11 is 0. The Balaban J connectivity index is 2.42. The Morgan fingerprint density at radius 2 is 1.68 bits per heavy atom. The number of hydrogen-bond donors (Lipinski definition) is 1. The van der Waals surface area contributed by atoms with E-state index in [0.717, 1.165) is 5.56 Å². The predicted molar refractivity (Wildman–Crippen MR) is 87.0 cm³/mol. The lowest BCUT2D eigenvalue weighted by Gasteiger charge is -2.19. The zero-order valence-electron chi connectivity index (χ0n) is 13.1. The van der Waals surface area contributed by atoms with Crippen LogP contribution in [0, 0.1) is 0 Å². The number of aryl methyl sites for hydroxylation is 1. The van der Waals surface area contributed by atoms with Gasteiger partial charge in [0.2, 0.25) is 10.0 Å². The highest BCUT2D eigenvalue weighted by Crippen LogP contribution is 2.25. The van der Waals surface area contributed by atoms with Crippen molar-refractivity contribution in [2.45, 2.75) is 25.5 Å². The molecule has 0 aliphatic carbocycles. The Morgan fingerprint density at radius 1 is 1.09 bits per heavy atom. The van der Waals surface area contributed by atoms with Crippen LogP contribution in [0.4, 0.5) is 0 Å². The number of nitrogens with one attached hydrogen (secondary N) is 1. The quantitative estimate of drug-likeness (QED) is 0.945. The van der Waals surface area contributed by atoms with E-state index < -0.39 is 20.7 Å². The summed E-state index contributed by atoms with van der Waals surface area (Å²) in [6, 6.07) is 11.0. The zero-order chi connectivity index (χ0) is 16.5. The lowest BCUT2D eigenvalue weighted by Crippen LogP contribution is -2.42. The van der Waals surface area contributed by atoms with E-state index in [0.29, 0.717) is 11.3 Å². The smallest absolute Gasteiger partial charge is 0.266 e. The maximum atomic E-state index is 12.4.